The second kappa shape index (κ2) is 3.44. The number of anilines is 2. The predicted molar refractivity (Wildman–Crippen MR) is 53.0 cm³/mol. The monoisotopic (exact) mass is 234 g/mol. The van der Waals surface area contributed by atoms with Gasteiger partial charge in [-0.25, -0.2) is 13.8 Å². The summed E-state index contributed by atoms with van der Waals surface area (Å²) >= 11 is 5.63. The highest BCUT2D eigenvalue weighted by Crippen LogP contribution is 2.38. The summed E-state index contributed by atoms with van der Waals surface area (Å²) in [6.45, 7) is 0. The van der Waals surface area contributed by atoms with Crippen molar-refractivity contribution in [2.75, 3.05) is 11.1 Å². The van der Waals surface area contributed by atoms with Crippen LogP contribution in [0.5, 0.6) is 0 Å². The largest absolute Gasteiger partial charge is 0.368 e. The van der Waals surface area contributed by atoms with Crippen molar-refractivity contribution in [3.63, 3.8) is 0 Å². The molecule has 1 aromatic heterocycles. The van der Waals surface area contributed by atoms with Gasteiger partial charge in [-0.15, -0.1) is 0 Å². The van der Waals surface area contributed by atoms with Gasteiger partial charge in [0.2, 0.25) is 5.95 Å². The van der Waals surface area contributed by atoms with E-state index in [-0.39, 0.29) is 30.0 Å². The number of hydrogen-bond acceptors (Lipinski definition) is 4. The van der Waals surface area contributed by atoms with E-state index in [1.807, 2.05) is 0 Å². The van der Waals surface area contributed by atoms with Crippen molar-refractivity contribution in [3.05, 3.63) is 11.2 Å². The van der Waals surface area contributed by atoms with Crippen LogP contribution in [0.25, 0.3) is 0 Å². The zero-order valence-corrected chi connectivity index (χ0v) is 8.43. The van der Waals surface area contributed by atoms with Crippen molar-refractivity contribution in [1.82, 2.24) is 9.97 Å². The van der Waals surface area contributed by atoms with Crippen molar-refractivity contribution in [2.24, 2.45) is 0 Å². The van der Waals surface area contributed by atoms with Gasteiger partial charge in [0.25, 0.3) is 5.92 Å². The summed E-state index contributed by atoms with van der Waals surface area (Å²) in [5, 5.41) is 3.01. The minimum Gasteiger partial charge on any atom is -0.368 e. The van der Waals surface area contributed by atoms with E-state index in [0.717, 1.165) is 0 Å². The third-order valence-corrected chi connectivity index (χ3v) is 2.35. The first-order valence-electron chi connectivity index (χ1n) is 4.39. The summed E-state index contributed by atoms with van der Waals surface area (Å²) in [6, 6.07) is 1.18. The van der Waals surface area contributed by atoms with Crippen LogP contribution in [0.3, 0.4) is 0 Å². The fourth-order valence-electron chi connectivity index (χ4n) is 1.48. The van der Waals surface area contributed by atoms with Gasteiger partial charge in [0.1, 0.15) is 11.0 Å². The van der Waals surface area contributed by atoms with E-state index in [1.165, 1.54) is 6.07 Å². The maximum Gasteiger partial charge on any atom is 0.252 e. The van der Waals surface area contributed by atoms with E-state index in [0.29, 0.717) is 5.82 Å². The minimum absolute atomic E-state index is 0.0242. The Hall–Kier alpha value is -1.17. The molecule has 3 N–H and O–H groups in total. The van der Waals surface area contributed by atoms with Crippen molar-refractivity contribution in [1.29, 1.82) is 0 Å². The Labute approximate surface area is 89.8 Å². The van der Waals surface area contributed by atoms with Gasteiger partial charge in [-0.2, -0.15) is 4.98 Å². The van der Waals surface area contributed by atoms with Gasteiger partial charge in [0, 0.05) is 24.9 Å². The zero-order chi connectivity index (χ0) is 11.1. The lowest BCUT2D eigenvalue weighted by Gasteiger charge is -2.35. The molecule has 0 aliphatic heterocycles. The van der Waals surface area contributed by atoms with E-state index in [9.17, 15) is 8.78 Å². The number of alkyl halides is 2. The highest BCUT2D eigenvalue weighted by molar-refractivity contribution is 6.29. The lowest BCUT2D eigenvalue weighted by molar-refractivity contribution is -0.0794. The van der Waals surface area contributed by atoms with E-state index in [2.05, 4.69) is 15.3 Å². The van der Waals surface area contributed by atoms with Gasteiger partial charge in [-0.1, -0.05) is 11.6 Å². The predicted octanol–water partition coefficient (Wildman–Crippen LogP) is 1.92. The molecule has 0 amide bonds. The first-order chi connectivity index (χ1) is 6.94. The van der Waals surface area contributed by atoms with Crippen LogP contribution in [0.1, 0.15) is 12.8 Å². The number of nitrogens with two attached hydrogens (primary N) is 1. The second-order valence-electron chi connectivity index (χ2n) is 3.54. The summed E-state index contributed by atoms with van der Waals surface area (Å²) < 4.78 is 25.1. The van der Waals surface area contributed by atoms with Crippen molar-refractivity contribution >= 4 is 23.4 Å². The number of aromatic nitrogens is 2. The van der Waals surface area contributed by atoms with Crippen molar-refractivity contribution in [2.45, 2.75) is 24.8 Å². The van der Waals surface area contributed by atoms with Crippen LogP contribution >= 0.6 is 11.6 Å². The van der Waals surface area contributed by atoms with E-state index in [1.54, 1.807) is 0 Å². The first kappa shape index (κ1) is 10.4. The van der Waals surface area contributed by atoms with E-state index < -0.39 is 5.92 Å². The Bertz CT molecular complexity index is 357. The maximum atomic E-state index is 12.5. The highest BCUT2D eigenvalue weighted by atomic mass is 35.5. The molecule has 4 nitrogen and oxygen atoms in total. The number of hydrogen-bond donors (Lipinski definition) is 2. The number of nitrogen functional groups attached to an aromatic ring is 1. The first-order valence-corrected chi connectivity index (χ1v) is 4.77. The molecule has 0 aromatic carbocycles. The van der Waals surface area contributed by atoms with Crippen LogP contribution in [0, 0.1) is 0 Å². The van der Waals surface area contributed by atoms with Crippen LogP contribution in [-0.4, -0.2) is 21.9 Å². The smallest absolute Gasteiger partial charge is 0.252 e. The SMILES string of the molecule is Nc1nc(Cl)cc(NC2CC(F)(F)C2)n1. The molecule has 1 aliphatic rings. The summed E-state index contributed by atoms with van der Waals surface area (Å²) in [6.07, 6.45) is -0.372. The second-order valence-corrected chi connectivity index (χ2v) is 3.93. The molecule has 1 aliphatic carbocycles. The fourth-order valence-corrected chi connectivity index (χ4v) is 1.67. The summed E-state index contributed by atoms with van der Waals surface area (Å²) in [5.41, 5.74) is 5.35. The van der Waals surface area contributed by atoms with Gasteiger partial charge < -0.3 is 11.1 Å². The highest BCUT2D eigenvalue weighted by Gasteiger charge is 2.45. The molecular weight excluding hydrogens is 226 g/mol. The molecule has 0 saturated heterocycles. The third-order valence-electron chi connectivity index (χ3n) is 2.15. The van der Waals surface area contributed by atoms with Gasteiger partial charge in [-0.3, -0.25) is 0 Å². The molecule has 15 heavy (non-hydrogen) atoms. The van der Waals surface area contributed by atoms with Gasteiger partial charge in [0.05, 0.1) is 0 Å². The Kier molecular flexibility index (Phi) is 2.38. The van der Waals surface area contributed by atoms with Crippen LogP contribution in [-0.2, 0) is 0 Å². The molecule has 1 aromatic rings. The maximum absolute atomic E-state index is 12.5. The normalized spacial score (nSPS) is 19.7. The molecule has 82 valence electrons. The number of halogens is 3. The quantitative estimate of drug-likeness (QED) is 0.768. The molecule has 2 rings (SSSR count). The molecule has 0 radical (unpaired) electrons. The Morgan fingerprint density at radius 3 is 2.67 bits per heavy atom. The molecule has 1 heterocycles. The van der Waals surface area contributed by atoms with Crippen LogP contribution in [0.4, 0.5) is 20.5 Å². The summed E-state index contributed by atoms with van der Waals surface area (Å²) in [4.78, 5) is 7.49. The van der Waals surface area contributed by atoms with Crippen LogP contribution in [0.15, 0.2) is 6.07 Å². The molecular formula is C8H9ClF2N4. The number of nitrogens with zero attached hydrogens (tertiary/aromatic N) is 2. The molecule has 0 unspecified atom stereocenters. The van der Waals surface area contributed by atoms with Crippen LogP contribution in [0.2, 0.25) is 5.15 Å². The van der Waals surface area contributed by atoms with E-state index >= 15 is 0 Å². The summed E-state index contributed by atoms with van der Waals surface area (Å²) in [5.74, 6) is -2.15. The fraction of sp³-hybridized carbons (Fsp3) is 0.500. The Morgan fingerprint density at radius 1 is 1.47 bits per heavy atom. The van der Waals surface area contributed by atoms with E-state index in [4.69, 9.17) is 17.3 Å². The molecule has 0 atom stereocenters. The van der Waals surface area contributed by atoms with Gasteiger partial charge in [-0.05, 0) is 0 Å². The average molecular weight is 235 g/mol. The number of rotatable bonds is 2. The van der Waals surface area contributed by atoms with Crippen molar-refractivity contribution < 1.29 is 8.78 Å². The molecule has 1 fully saturated rings. The molecule has 0 bridgehead atoms. The zero-order valence-electron chi connectivity index (χ0n) is 7.67. The number of nitrogens with one attached hydrogen (secondary N) is 1. The molecule has 1 saturated carbocycles. The molecule has 7 heteroatoms. The lowest BCUT2D eigenvalue weighted by atomic mass is 9.88. The van der Waals surface area contributed by atoms with Gasteiger partial charge >= 0.3 is 0 Å². The standard InChI is InChI=1S/C8H9ClF2N4/c9-5-1-6(15-7(12)14-5)13-4-2-8(10,11)3-4/h1,4H,2-3H2,(H3,12,13,14,15). The third kappa shape index (κ3) is 2.44. The van der Waals surface area contributed by atoms with Crippen LogP contribution < -0.4 is 11.1 Å². The average Bonchev–Trinajstić information content (AvgIpc) is 1.97. The lowest BCUT2D eigenvalue weighted by Crippen LogP contribution is -2.44. The van der Waals surface area contributed by atoms with Gasteiger partial charge in [0.15, 0.2) is 0 Å². The minimum atomic E-state index is -2.56. The Morgan fingerprint density at radius 2 is 2.13 bits per heavy atom. The Balaban J connectivity index is 2.00. The van der Waals surface area contributed by atoms with Crippen molar-refractivity contribution in [3.8, 4) is 0 Å². The topological polar surface area (TPSA) is 63.8 Å². The summed E-state index contributed by atoms with van der Waals surface area (Å²) in [7, 11) is 0. The molecule has 0 spiro atoms.